The van der Waals surface area contributed by atoms with Gasteiger partial charge in [-0.2, -0.15) is 0 Å². The van der Waals surface area contributed by atoms with Crippen molar-refractivity contribution in [3.05, 3.63) is 54.2 Å². The van der Waals surface area contributed by atoms with Gasteiger partial charge >= 0.3 is 0 Å². The third kappa shape index (κ3) is 5.94. The maximum atomic E-state index is 12.3. The van der Waals surface area contributed by atoms with Crippen molar-refractivity contribution < 1.29 is 8.42 Å². The molecule has 1 aromatic carbocycles. The Bertz CT molecular complexity index is 802. The summed E-state index contributed by atoms with van der Waals surface area (Å²) in [5, 5.41) is 0. The van der Waals surface area contributed by atoms with Gasteiger partial charge < -0.3 is 9.80 Å². The largest absolute Gasteiger partial charge is 0.368 e. The number of piperazine rings is 1. The van der Waals surface area contributed by atoms with E-state index in [1.807, 2.05) is 36.4 Å². The second kappa shape index (κ2) is 9.19. The van der Waals surface area contributed by atoms with Gasteiger partial charge in [0.2, 0.25) is 10.0 Å². The van der Waals surface area contributed by atoms with E-state index in [2.05, 4.69) is 26.4 Å². The lowest BCUT2D eigenvalue weighted by molar-refractivity contribution is 0.271. The van der Waals surface area contributed by atoms with Crippen LogP contribution in [0.25, 0.3) is 0 Å². The topological polar surface area (TPSA) is 65.5 Å². The summed E-state index contributed by atoms with van der Waals surface area (Å²) in [5.74, 6) is 0.468. The zero-order chi connectivity index (χ0) is 19.1. The van der Waals surface area contributed by atoms with Gasteiger partial charge in [-0.05, 0) is 37.1 Å². The number of nitrogens with zero attached hydrogens (tertiary/aromatic N) is 3. The maximum absolute atomic E-state index is 12.3. The van der Waals surface area contributed by atoms with Gasteiger partial charge in [0.15, 0.2) is 0 Å². The molecule has 1 aromatic heterocycles. The highest BCUT2D eigenvalue weighted by molar-refractivity contribution is 7.92. The fourth-order valence-corrected chi connectivity index (χ4v) is 4.34. The molecular weight excluding hydrogens is 360 g/mol. The Hall–Kier alpha value is -2.12. The molecule has 7 heteroatoms. The molecule has 1 N–H and O–H groups in total. The zero-order valence-electron chi connectivity index (χ0n) is 15.8. The summed E-state index contributed by atoms with van der Waals surface area (Å²) in [7, 11) is -3.39. The number of rotatable bonds is 8. The van der Waals surface area contributed by atoms with Crippen LogP contribution in [0.5, 0.6) is 0 Å². The molecule has 2 heterocycles. The first kappa shape index (κ1) is 19.6. The summed E-state index contributed by atoms with van der Waals surface area (Å²) in [6.07, 6.45) is 3.08. The van der Waals surface area contributed by atoms with Crippen LogP contribution < -0.4 is 9.62 Å². The summed E-state index contributed by atoms with van der Waals surface area (Å²) in [6, 6.07) is 13.6. The van der Waals surface area contributed by atoms with Crippen LogP contribution in [0.15, 0.2) is 48.7 Å². The molecule has 1 saturated heterocycles. The van der Waals surface area contributed by atoms with Crippen LogP contribution in [0.4, 0.5) is 11.5 Å². The quantitative estimate of drug-likeness (QED) is 0.753. The predicted molar refractivity (Wildman–Crippen MR) is 111 cm³/mol. The lowest BCUT2D eigenvalue weighted by atomic mass is 10.1. The molecule has 2 aromatic rings. The van der Waals surface area contributed by atoms with E-state index in [4.69, 9.17) is 0 Å². The Morgan fingerprint density at radius 2 is 1.78 bits per heavy atom. The van der Waals surface area contributed by atoms with Gasteiger partial charge in [0.25, 0.3) is 0 Å². The number of nitrogens with one attached hydrogen (secondary N) is 1. The van der Waals surface area contributed by atoms with Gasteiger partial charge in [0.1, 0.15) is 5.82 Å². The smallest absolute Gasteiger partial charge is 0.233 e. The van der Waals surface area contributed by atoms with Gasteiger partial charge in [0.05, 0.1) is 17.6 Å². The average molecular weight is 389 g/mol. The van der Waals surface area contributed by atoms with Crippen molar-refractivity contribution in [2.24, 2.45) is 0 Å². The SMILES string of the molecule is CCN1CCN(c2ccc(NS(=O)(=O)CCCc3ccccc3)nc2)CC1. The van der Waals surface area contributed by atoms with E-state index >= 15 is 0 Å². The molecule has 0 atom stereocenters. The Morgan fingerprint density at radius 1 is 1.04 bits per heavy atom. The van der Waals surface area contributed by atoms with Gasteiger partial charge in [-0.3, -0.25) is 4.72 Å². The molecule has 6 nitrogen and oxygen atoms in total. The normalized spacial score (nSPS) is 15.7. The van der Waals surface area contributed by atoms with Crippen LogP contribution in [0, 0.1) is 0 Å². The lowest BCUT2D eigenvalue weighted by Gasteiger charge is -2.35. The number of aromatic nitrogens is 1. The van der Waals surface area contributed by atoms with Gasteiger partial charge in [-0.15, -0.1) is 0 Å². The van der Waals surface area contributed by atoms with Crippen molar-refractivity contribution in [1.29, 1.82) is 0 Å². The molecule has 0 unspecified atom stereocenters. The van der Waals surface area contributed by atoms with Crippen LogP contribution in [0.3, 0.4) is 0 Å². The molecule has 1 aliphatic rings. The number of aryl methyl sites for hydroxylation is 1. The molecule has 0 amide bonds. The molecule has 3 rings (SSSR count). The highest BCUT2D eigenvalue weighted by atomic mass is 32.2. The van der Waals surface area contributed by atoms with Crippen molar-refractivity contribution in [2.75, 3.05) is 48.1 Å². The molecule has 146 valence electrons. The number of anilines is 2. The highest BCUT2D eigenvalue weighted by Crippen LogP contribution is 2.18. The number of sulfonamides is 1. The fraction of sp³-hybridized carbons (Fsp3) is 0.450. The van der Waals surface area contributed by atoms with Gasteiger partial charge in [0, 0.05) is 26.2 Å². The summed E-state index contributed by atoms with van der Waals surface area (Å²) >= 11 is 0. The minimum atomic E-state index is -3.39. The lowest BCUT2D eigenvalue weighted by Crippen LogP contribution is -2.46. The average Bonchev–Trinajstić information content (AvgIpc) is 2.69. The first-order valence-corrected chi connectivity index (χ1v) is 11.2. The summed E-state index contributed by atoms with van der Waals surface area (Å²) in [6.45, 7) is 7.30. The zero-order valence-corrected chi connectivity index (χ0v) is 16.7. The van der Waals surface area contributed by atoms with Gasteiger partial charge in [-0.1, -0.05) is 37.3 Å². The number of benzene rings is 1. The van der Waals surface area contributed by atoms with E-state index in [9.17, 15) is 8.42 Å². The Kier molecular flexibility index (Phi) is 6.68. The second-order valence-electron chi connectivity index (χ2n) is 6.83. The first-order chi connectivity index (χ1) is 13.1. The predicted octanol–water partition coefficient (Wildman–Crippen LogP) is 2.60. The number of pyridine rings is 1. The van der Waals surface area contributed by atoms with Crippen LogP contribution in [0.2, 0.25) is 0 Å². The van der Waals surface area contributed by atoms with Crippen molar-refractivity contribution >= 4 is 21.5 Å². The highest BCUT2D eigenvalue weighted by Gasteiger charge is 2.16. The van der Waals surface area contributed by atoms with Crippen LogP contribution in [-0.4, -0.2) is 56.8 Å². The molecular formula is C20H28N4O2S. The minimum Gasteiger partial charge on any atom is -0.368 e. The van der Waals surface area contributed by atoms with Gasteiger partial charge in [-0.25, -0.2) is 13.4 Å². The van der Waals surface area contributed by atoms with Crippen molar-refractivity contribution in [3.63, 3.8) is 0 Å². The fourth-order valence-electron chi connectivity index (χ4n) is 3.28. The maximum Gasteiger partial charge on any atom is 0.233 e. The Balaban J connectivity index is 1.49. The standard InChI is InChI=1S/C20H28N4O2S/c1-2-23-12-14-24(15-13-23)19-10-11-20(21-17-19)22-27(25,26)16-6-9-18-7-4-3-5-8-18/h3-5,7-8,10-11,17H,2,6,9,12-16H2,1H3,(H,21,22). The van der Waals surface area contributed by atoms with E-state index in [1.165, 1.54) is 0 Å². The Morgan fingerprint density at radius 3 is 2.41 bits per heavy atom. The molecule has 0 bridgehead atoms. The van der Waals surface area contributed by atoms with E-state index in [1.54, 1.807) is 12.3 Å². The minimum absolute atomic E-state index is 0.0876. The molecule has 0 radical (unpaired) electrons. The van der Waals surface area contributed by atoms with Crippen molar-refractivity contribution in [1.82, 2.24) is 9.88 Å². The summed E-state index contributed by atoms with van der Waals surface area (Å²) in [4.78, 5) is 9.01. The molecule has 27 heavy (non-hydrogen) atoms. The second-order valence-corrected chi connectivity index (χ2v) is 8.67. The molecule has 1 fully saturated rings. The third-order valence-electron chi connectivity index (χ3n) is 4.91. The van der Waals surface area contributed by atoms with E-state index in [0.717, 1.165) is 50.4 Å². The Labute approximate surface area is 162 Å². The number of hydrogen-bond acceptors (Lipinski definition) is 5. The third-order valence-corrected chi connectivity index (χ3v) is 6.26. The first-order valence-electron chi connectivity index (χ1n) is 9.53. The van der Waals surface area contributed by atoms with E-state index in [-0.39, 0.29) is 5.75 Å². The number of likely N-dealkylation sites (N-methyl/N-ethyl adjacent to an activating group) is 1. The van der Waals surface area contributed by atoms with Crippen LogP contribution in [-0.2, 0) is 16.4 Å². The molecule has 0 aliphatic carbocycles. The van der Waals surface area contributed by atoms with E-state index < -0.39 is 10.0 Å². The monoisotopic (exact) mass is 388 g/mol. The van der Waals surface area contributed by atoms with Crippen molar-refractivity contribution in [3.8, 4) is 0 Å². The molecule has 1 aliphatic heterocycles. The number of hydrogen-bond donors (Lipinski definition) is 1. The molecule has 0 spiro atoms. The van der Waals surface area contributed by atoms with Crippen molar-refractivity contribution in [2.45, 2.75) is 19.8 Å². The van der Waals surface area contributed by atoms with Crippen LogP contribution in [0.1, 0.15) is 18.9 Å². The molecule has 0 saturated carbocycles. The van der Waals surface area contributed by atoms with Crippen LogP contribution >= 0.6 is 0 Å². The summed E-state index contributed by atoms with van der Waals surface area (Å²) < 4.78 is 27.1. The van der Waals surface area contributed by atoms with E-state index in [0.29, 0.717) is 12.2 Å². The summed E-state index contributed by atoms with van der Waals surface area (Å²) in [5.41, 5.74) is 2.19.